The summed E-state index contributed by atoms with van der Waals surface area (Å²) in [5, 5.41) is 0. The molecule has 188 valence electrons. The Labute approximate surface area is 206 Å². The van der Waals surface area contributed by atoms with Crippen molar-refractivity contribution in [3.8, 4) is 17.1 Å². The molecule has 0 N–H and O–H groups in total. The second-order valence-electron chi connectivity index (χ2n) is 9.21. The minimum atomic E-state index is -0.138. The molecular formula is C29H44N2O3. The van der Waals surface area contributed by atoms with Gasteiger partial charge in [-0.2, -0.15) is 0 Å². The highest BCUT2D eigenvalue weighted by Gasteiger charge is 2.10. The minimum Gasteiger partial charge on any atom is -0.493 e. The highest BCUT2D eigenvalue weighted by Crippen LogP contribution is 2.20. The number of carbonyl (C=O) groups is 1. The molecule has 0 saturated heterocycles. The van der Waals surface area contributed by atoms with Gasteiger partial charge in [0, 0.05) is 30.8 Å². The third-order valence-corrected chi connectivity index (χ3v) is 6.00. The van der Waals surface area contributed by atoms with E-state index in [2.05, 4.69) is 23.8 Å². The lowest BCUT2D eigenvalue weighted by atomic mass is 10.1. The van der Waals surface area contributed by atoms with Crippen LogP contribution in [0.1, 0.15) is 103 Å². The first-order valence-electron chi connectivity index (χ1n) is 13.4. The number of benzene rings is 1. The predicted octanol–water partition coefficient (Wildman–Crippen LogP) is 7.72. The van der Waals surface area contributed by atoms with E-state index in [4.69, 9.17) is 9.47 Å². The Morgan fingerprint density at radius 1 is 0.853 bits per heavy atom. The summed E-state index contributed by atoms with van der Waals surface area (Å²) in [7, 11) is 0. The quantitative estimate of drug-likeness (QED) is 0.165. The first-order valence-corrected chi connectivity index (χ1v) is 13.4. The summed E-state index contributed by atoms with van der Waals surface area (Å²) in [6, 6.07) is 7.84. The Hall–Kier alpha value is -2.43. The standard InChI is InChI=1S/C29H44N2O3/c1-4-6-8-10-11-12-14-25-22-30-29(31-23-25)26-16-18-27(19-17-26)33-21-20-24(3)34-28(32)15-13-9-7-5-2/h16-19,22-24H,4-15,20-21H2,1-3H3. The number of esters is 1. The first-order chi connectivity index (χ1) is 16.6. The predicted molar refractivity (Wildman–Crippen MR) is 139 cm³/mol. The lowest BCUT2D eigenvalue weighted by Crippen LogP contribution is -2.17. The fraction of sp³-hybridized carbons (Fsp3) is 0.621. The second kappa shape index (κ2) is 17.1. The summed E-state index contributed by atoms with van der Waals surface area (Å²) >= 11 is 0. The zero-order chi connectivity index (χ0) is 24.4. The average molecular weight is 469 g/mol. The molecule has 0 amide bonds. The van der Waals surface area contributed by atoms with E-state index in [0.717, 1.165) is 36.4 Å². The number of aromatic nitrogens is 2. The van der Waals surface area contributed by atoms with Crippen LogP contribution in [-0.4, -0.2) is 28.6 Å². The van der Waals surface area contributed by atoms with E-state index in [9.17, 15) is 4.79 Å². The van der Waals surface area contributed by atoms with E-state index in [1.165, 1.54) is 56.9 Å². The Kier molecular flexibility index (Phi) is 14.0. The van der Waals surface area contributed by atoms with Gasteiger partial charge in [-0.25, -0.2) is 9.97 Å². The highest BCUT2D eigenvalue weighted by atomic mass is 16.5. The number of ether oxygens (including phenoxy) is 2. The zero-order valence-electron chi connectivity index (χ0n) is 21.6. The highest BCUT2D eigenvalue weighted by molar-refractivity contribution is 5.69. The van der Waals surface area contributed by atoms with E-state index in [1.807, 2.05) is 43.6 Å². The fourth-order valence-corrected chi connectivity index (χ4v) is 3.82. The van der Waals surface area contributed by atoms with Gasteiger partial charge in [0.2, 0.25) is 0 Å². The van der Waals surface area contributed by atoms with Crippen molar-refractivity contribution < 1.29 is 14.3 Å². The van der Waals surface area contributed by atoms with Crippen molar-refractivity contribution in [2.24, 2.45) is 0 Å². The van der Waals surface area contributed by atoms with Gasteiger partial charge in [-0.3, -0.25) is 4.79 Å². The maximum Gasteiger partial charge on any atom is 0.306 e. The van der Waals surface area contributed by atoms with Crippen LogP contribution in [0.3, 0.4) is 0 Å². The van der Waals surface area contributed by atoms with Gasteiger partial charge in [0.1, 0.15) is 11.9 Å². The molecule has 1 aromatic carbocycles. The number of nitrogens with zero attached hydrogens (tertiary/aromatic N) is 2. The molecule has 34 heavy (non-hydrogen) atoms. The van der Waals surface area contributed by atoms with Gasteiger partial charge in [0.25, 0.3) is 0 Å². The summed E-state index contributed by atoms with van der Waals surface area (Å²) < 4.78 is 11.3. The minimum absolute atomic E-state index is 0.106. The van der Waals surface area contributed by atoms with Crippen molar-refractivity contribution in [3.63, 3.8) is 0 Å². The van der Waals surface area contributed by atoms with Crippen molar-refractivity contribution in [2.45, 2.75) is 110 Å². The Bertz CT molecular complexity index is 790. The molecule has 0 aliphatic heterocycles. The van der Waals surface area contributed by atoms with Crippen LogP contribution < -0.4 is 4.74 Å². The third-order valence-electron chi connectivity index (χ3n) is 6.00. The van der Waals surface area contributed by atoms with Gasteiger partial charge in [0.15, 0.2) is 5.82 Å². The molecule has 1 heterocycles. The van der Waals surface area contributed by atoms with Crippen LogP contribution in [0.4, 0.5) is 0 Å². The van der Waals surface area contributed by atoms with Crippen molar-refractivity contribution in [1.82, 2.24) is 9.97 Å². The van der Waals surface area contributed by atoms with Crippen molar-refractivity contribution in [2.75, 3.05) is 6.61 Å². The lowest BCUT2D eigenvalue weighted by molar-refractivity contribution is -0.148. The number of aryl methyl sites for hydroxylation is 1. The summed E-state index contributed by atoms with van der Waals surface area (Å²) in [5.74, 6) is 1.42. The number of hydrogen-bond donors (Lipinski definition) is 0. The molecule has 0 aliphatic rings. The molecule has 0 aliphatic carbocycles. The molecule has 2 rings (SSSR count). The molecule has 0 spiro atoms. The van der Waals surface area contributed by atoms with Crippen LogP contribution in [-0.2, 0) is 16.0 Å². The van der Waals surface area contributed by atoms with Crippen LogP contribution in [0.2, 0.25) is 0 Å². The second-order valence-corrected chi connectivity index (χ2v) is 9.21. The van der Waals surface area contributed by atoms with Crippen LogP contribution in [0.5, 0.6) is 5.75 Å². The largest absolute Gasteiger partial charge is 0.493 e. The lowest BCUT2D eigenvalue weighted by Gasteiger charge is -2.14. The summed E-state index contributed by atoms with van der Waals surface area (Å²) in [4.78, 5) is 21.0. The van der Waals surface area contributed by atoms with Crippen LogP contribution in [0.25, 0.3) is 11.4 Å². The van der Waals surface area contributed by atoms with Gasteiger partial charge in [-0.1, -0.05) is 65.2 Å². The topological polar surface area (TPSA) is 61.3 Å². The SMILES string of the molecule is CCCCCCCCc1cnc(-c2ccc(OCCC(C)OC(=O)CCCCCC)cc2)nc1. The molecule has 5 heteroatoms. The van der Waals surface area contributed by atoms with Crippen LogP contribution in [0, 0.1) is 0 Å². The fourth-order valence-electron chi connectivity index (χ4n) is 3.82. The van der Waals surface area contributed by atoms with Crippen LogP contribution >= 0.6 is 0 Å². The van der Waals surface area contributed by atoms with E-state index in [-0.39, 0.29) is 12.1 Å². The molecule has 0 fully saturated rings. The average Bonchev–Trinajstić information content (AvgIpc) is 2.85. The molecule has 0 radical (unpaired) electrons. The van der Waals surface area contributed by atoms with Crippen molar-refractivity contribution in [1.29, 1.82) is 0 Å². The smallest absolute Gasteiger partial charge is 0.306 e. The molecule has 1 atom stereocenters. The number of hydrogen-bond acceptors (Lipinski definition) is 5. The maximum absolute atomic E-state index is 11.9. The first kappa shape index (κ1) is 27.8. The molecule has 1 aromatic heterocycles. The number of unbranched alkanes of at least 4 members (excludes halogenated alkanes) is 8. The maximum atomic E-state index is 11.9. The van der Waals surface area contributed by atoms with Crippen molar-refractivity contribution >= 4 is 5.97 Å². The van der Waals surface area contributed by atoms with Gasteiger partial charge < -0.3 is 9.47 Å². The normalized spacial score (nSPS) is 11.9. The molecule has 1 unspecified atom stereocenters. The van der Waals surface area contributed by atoms with E-state index < -0.39 is 0 Å². The van der Waals surface area contributed by atoms with Gasteiger partial charge in [-0.05, 0) is 56.0 Å². The Balaban J connectivity index is 1.67. The summed E-state index contributed by atoms with van der Waals surface area (Å²) in [5.41, 5.74) is 2.18. The number of carbonyl (C=O) groups excluding carboxylic acids is 1. The Morgan fingerprint density at radius 3 is 2.15 bits per heavy atom. The van der Waals surface area contributed by atoms with E-state index in [0.29, 0.717) is 19.4 Å². The number of rotatable bonds is 18. The van der Waals surface area contributed by atoms with E-state index in [1.54, 1.807) is 0 Å². The summed E-state index contributed by atoms with van der Waals surface area (Å²) in [6.45, 7) is 6.84. The van der Waals surface area contributed by atoms with Gasteiger partial charge in [0.05, 0.1) is 6.61 Å². The molecular weight excluding hydrogens is 424 g/mol. The molecule has 0 saturated carbocycles. The van der Waals surface area contributed by atoms with E-state index >= 15 is 0 Å². The summed E-state index contributed by atoms with van der Waals surface area (Å²) in [6.07, 6.45) is 18.1. The monoisotopic (exact) mass is 468 g/mol. The van der Waals surface area contributed by atoms with Crippen molar-refractivity contribution in [3.05, 3.63) is 42.2 Å². The third kappa shape index (κ3) is 11.6. The molecule has 0 bridgehead atoms. The van der Waals surface area contributed by atoms with Gasteiger partial charge in [-0.15, -0.1) is 0 Å². The zero-order valence-corrected chi connectivity index (χ0v) is 21.6. The Morgan fingerprint density at radius 2 is 1.47 bits per heavy atom. The van der Waals surface area contributed by atoms with Crippen LogP contribution in [0.15, 0.2) is 36.7 Å². The molecule has 5 nitrogen and oxygen atoms in total. The van der Waals surface area contributed by atoms with Gasteiger partial charge >= 0.3 is 5.97 Å². The molecule has 2 aromatic rings.